The lowest BCUT2D eigenvalue weighted by atomic mass is 10.0. The Morgan fingerprint density at radius 1 is 1.29 bits per heavy atom. The molecule has 1 aliphatic heterocycles. The molecule has 0 spiro atoms. The van der Waals surface area contributed by atoms with Crippen molar-refractivity contribution in [1.82, 2.24) is 15.2 Å². The van der Waals surface area contributed by atoms with Gasteiger partial charge in [0, 0.05) is 18.9 Å². The fourth-order valence-corrected chi connectivity index (χ4v) is 3.00. The third-order valence-corrected chi connectivity index (χ3v) is 4.40. The number of nitrogens with zero attached hydrogens (tertiary/aromatic N) is 2. The van der Waals surface area contributed by atoms with E-state index in [4.69, 9.17) is 0 Å². The first-order valence-electron chi connectivity index (χ1n) is 7.70. The molecule has 0 bridgehead atoms. The molecule has 1 aromatic heterocycles. The van der Waals surface area contributed by atoms with E-state index < -0.39 is 0 Å². The van der Waals surface area contributed by atoms with Gasteiger partial charge in [-0.15, -0.1) is 0 Å². The highest BCUT2D eigenvalue weighted by Gasteiger charge is 2.45. The van der Waals surface area contributed by atoms with Gasteiger partial charge < -0.3 is 10.2 Å². The molecule has 2 amide bonds. The van der Waals surface area contributed by atoms with Crippen LogP contribution in [0.25, 0.3) is 0 Å². The van der Waals surface area contributed by atoms with Crippen LogP contribution in [0.4, 0.5) is 0 Å². The van der Waals surface area contributed by atoms with Gasteiger partial charge in [-0.1, -0.05) is 6.92 Å². The van der Waals surface area contributed by atoms with Crippen LogP contribution in [-0.4, -0.2) is 40.3 Å². The van der Waals surface area contributed by atoms with Gasteiger partial charge in [-0.05, 0) is 49.3 Å². The number of hydrogen-bond donors (Lipinski definition) is 1. The Hall–Kier alpha value is -1.91. The summed E-state index contributed by atoms with van der Waals surface area (Å²) in [5.74, 6) is 0.449. The minimum absolute atomic E-state index is 0.00345. The topological polar surface area (TPSA) is 62.3 Å². The second-order valence-corrected chi connectivity index (χ2v) is 5.88. The van der Waals surface area contributed by atoms with E-state index in [1.807, 2.05) is 19.1 Å². The van der Waals surface area contributed by atoms with Crippen molar-refractivity contribution in [3.8, 4) is 0 Å². The quantitative estimate of drug-likeness (QED) is 0.883. The maximum atomic E-state index is 12.6. The molecule has 1 saturated carbocycles. The zero-order valence-electron chi connectivity index (χ0n) is 12.3. The second-order valence-electron chi connectivity index (χ2n) is 5.88. The van der Waals surface area contributed by atoms with Crippen LogP contribution in [0.1, 0.15) is 31.7 Å². The molecule has 0 aromatic carbocycles. The van der Waals surface area contributed by atoms with Crippen LogP contribution in [0.3, 0.4) is 0 Å². The van der Waals surface area contributed by atoms with E-state index in [1.54, 1.807) is 17.3 Å². The van der Waals surface area contributed by atoms with Crippen LogP contribution < -0.4 is 5.32 Å². The number of rotatable bonds is 5. The summed E-state index contributed by atoms with van der Waals surface area (Å²) in [5.41, 5.74) is 1.14. The Kier molecular flexibility index (Phi) is 3.90. The number of carbonyl (C=O) groups excluding carboxylic acids is 2. The Labute approximate surface area is 124 Å². The molecule has 2 fully saturated rings. The highest BCUT2D eigenvalue weighted by atomic mass is 16.2. The monoisotopic (exact) mass is 287 g/mol. The lowest BCUT2D eigenvalue weighted by Crippen LogP contribution is -2.64. The molecule has 2 heterocycles. The van der Waals surface area contributed by atoms with Crippen molar-refractivity contribution in [3.63, 3.8) is 0 Å². The van der Waals surface area contributed by atoms with Crippen LogP contribution >= 0.6 is 0 Å². The predicted octanol–water partition coefficient (Wildman–Crippen LogP) is 1.14. The molecule has 1 aromatic rings. The molecule has 1 aliphatic carbocycles. The molecule has 2 atom stereocenters. The normalized spacial score (nSPS) is 25.9. The summed E-state index contributed by atoms with van der Waals surface area (Å²) in [6, 6.07) is 3.29. The zero-order valence-corrected chi connectivity index (χ0v) is 12.3. The molecule has 1 N–H and O–H groups in total. The van der Waals surface area contributed by atoms with Crippen molar-refractivity contribution in [2.75, 3.05) is 6.54 Å². The molecular weight excluding hydrogens is 266 g/mol. The third kappa shape index (κ3) is 2.91. The summed E-state index contributed by atoms with van der Waals surface area (Å²) >= 11 is 0. The van der Waals surface area contributed by atoms with E-state index in [0.29, 0.717) is 18.9 Å². The van der Waals surface area contributed by atoms with Crippen LogP contribution in [-0.2, 0) is 16.0 Å². The summed E-state index contributed by atoms with van der Waals surface area (Å²) in [6.45, 7) is 2.55. The summed E-state index contributed by atoms with van der Waals surface area (Å²) in [7, 11) is 0. The van der Waals surface area contributed by atoms with Crippen molar-refractivity contribution < 1.29 is 9.59 Å². The molecule has 2 aliphatic rings. The maximum absolute atomic E-state index is 12.6. The van der Waals surface area contributed by atoms with E-state index in [1.165, 1.54) is 0 Å². The maximum Gasteiger partial charge on any atom is 0.246 e. The summed E-state index contributed by atoms with van der Waals surface area (Å²) in [6.07, 6.45) is 7.02. The highest BCUT2D eigenvalue weighted by Crippen LogP contribution is 2.35. The van der Waals surface area contributed by atoms with Crippen molar-refractivity contribution in [2.45, 2.75) is 44.7 Å². The summed E-state index contributed by atoms with van der Waals surface area (Å²) in [4.78, 5) is 30.6. The zero-order chi connectivity index (χ0) is 14.8. The number of nitrogens with one attached hydrogen (secondary N) is 1. The molecule has 5 nitrogen and oxygen atoms in total. The van der Waals surface area contributed by atoms with Crippen molar-refractivity contribution in [2.24, 2.45) is 5.92 Å². The number of piperazine rings is 1. The molecule has 21 heavy (non-hydrogen) atoms. The molecule has 2 unspecified atom stereocenters. The Balaban J connectivity index is 1.72. The van der Waals surface area contributed by atoms with Crippen LogP contribution in [0.5, 0.6) is 0 Å². The minimum Gasteiger partial charge on any atom is -0.342 e. The van der Waals surface area contributed by atoms with Crippen molar-refractivity contribution in [3.05, 3.63) is 30.1 Å². The first kappa shape index (κ1) is 14.0. The van der Waals surface area contributed by atoms with Gasteiger partial charge in [0.25, 0.3) is 0 Å². The molecular formula is C16H21N3O2. The molecule has 5 heteroatoms. The Morgan fingerprint density at radius 2 is 2.00 bits per heavy atom. The second kappa shape index (κ2) is 5.84. The van der Waals surface area contributed by atoms with Gasteiger partial charge in [0.15, 0.2) is 0 Å². The van der Waals surface area contributed by atoms with E-state index in [2.05, 4.69) is 10.3 Å². The number of amides is 2. The Bertz CT molecular complexity index is 528. The van der Waals surface area contributed by atoms with Gasteiger partial charge in [-0.25, -0.2) is 0 Å². The van der Waals surface area contributed by atoms with Gasteiger partial charge >= 0.3 is 0 Å². The minimum atomic E-state index is -0.325. The predicted molar refractivity (Wildman–Crippen MR) is 78.4 cm³/mol. The summed E-state index contributed by atoms with van der Waals surface area (Å²) in [5, 5.41) is 2.92. The molecule has 3 rings (SSSR count). The van der Waals surface area contributed by atoms with Gasteiger partial charge in [-0.3, -0.25) is 14.6 Å². The highest BCUT2D eigenvalue weighted by molar-refractivity contribution is 5.97. The Morgan fingerprint density at radius 3 is 2.62 bits per heavy atom. The fraction of sp³-hybridized carbons (Fsp3) is 0.562. The lowest BCUT2D eigenvalue weighted by molar-refractivity contribution is -0.150. The van der Waals surface area contributed by atoms with Crippen LogP contribution in [0, 0.1) is 5.92 Å². The summed E-state index contributed by atoms with van der Waals surface area (Å²) < 4.78 is 0. The average molecular weight is 287 g/mol. The van der Waals surface area contributed by atoms with Crippen LogP contribution in [0.15, 0.2) is 24.5 Å². The third-order valence-electron chi connectivity index (χ3n) is 4.40. The number of hydrogen-bond acceptors (Lipinski definition) is 3. The standard InChI is InChI=1S/C16H21N3O2/c1-2-13-15(20)18-14(12-3-4-12)16(21)19(13)10-7-11-5-8-17-9-6-11/h5-6,8-9,12-14H,2-4,7,10H2,1H3,(H,18,20). The largest absolute Gasteiger partial charge is 0.342 e. The molecule has 0 radical (unpaired) electrons. The number of pyridine rings is 1. The van der Waals surface area contributed by atoms with Gasteiger partial charge in [0.2, 0.25) is 11.8 Å². The smallest absolute Gasteiger partial charge is 0.246 e. The molecule has 112 valence electrons. The van der Waals surface area contributed by atoms with Gasteiger partial charge in [0.1, 0.15) is 12.1 Å². The van der Waals surface area contributed by atoms with E-state index in [0.717, 1.165) is 24.8 Å². The number of aromatic nitrogens is 1. The van der Waals surface area contributed by atoms with E-state index in [9.17, 15) is 9.59 Å². The number of carbonyl (C=O) groups is 2. The average Bonchev–Trinajstić information content (AvgIpc) is 3.33. The van der Waals surface area contributed by atoms with Gasteiger partial charge in [0.05, 0.1) is 0 Å². The first-order valence-corrected chi connectivity index (χ1v) is 7.70. The van der Waals surface area contributed by atoms with E-state index >= 15 is 0 Å². The first-order chi connectivity index (χ1) is 10.2. The fourth-order valence-electron chi connectivity index (χ4n) is 3.00. The van der Waals surface area contributed by atoms with Gasteiger partial charge in [-0.2, -0.15) is 0 Å². The van der Waals surface area contributed by atoms with Crippen molar-refractivity contribution in [1.29, 1.82) is 0 Å². The van der Waals surface area contributed by atoms with Crippen LogP contribution in [0.2, 0.25) is 0 Å². The lowest BCUT2D eigenvalue weighted by Gasteiger charge is -2.39. The SMILES string of the molecule is CCC1C(=O)NC(C2CC2)C(=O)N1CCc1ccncc1. The van der Waals surface area contributed by atoms with E-state index in [-0.39, 0.29) is 23.9 Å². The van der Waals surface area contributed by atoms with Crippen molar-refractivity contribution >= 4 is 11.8 Å². The molecule has 1 saturated heterocycles.